The number of carbonyl (C=O) groups is 3. The average molecular weight is 438 g/mol. The third kappa shape index (κ3) is 4.93. The van der Waals surface area contributed by atoms with E-state index in [4.69, 9.17) is 15.2 Å². The van der Waals surface area contributed by atoms with Crippen molar-refractivity contribution >= 4 is 17.8 Å². The number of carbonyl (C=O) groups excluding carboxylic acids is 3. The van der Waals surface area contributed by atoms with Gasteiger partial charge in [-0.05, 0) is 17.7 Å². The normalized spacial score (nSPS) is 18.6. The van der Waals surface area contributed by atoms with E-state index in [0.29, 0.717) is 44.1 Å². The number of nitrogens with two attached hydrogens (primary N) is 1. The molecule has 0 saturated carbocycles. The van der Waals surface area contributed by atoms with Gasteiger partial charge >= 0.3 is 6.03 Å². The zero-order chi connectivity index (χ0) is 22.5. The number of benzene rings is 2. The summed E-state index contributed by atoms with van der Waals surface area (Å²) in [6.07, 6.45) is -0.372. The van der Waals surface area contributed by atoms with Crippen LogP contribution in [0, 0.1) is 0 Å². The fraction of sp³-hybridized carbons (Fsp3) is 0.348. The van der Waals surface area contributed by atoms with E-state index in [9.17, 15) is 14.4 Å². The molecule has 9 heteroatoms. The smallest absolute Gasteiger partial charge is 0.312 e. The van der Waals surface area contributed by atoms with Crippen LogP contribution in [0.5, 0.6) is 11.5 Å². The summed E-state index contributed by atoms with van der Waals surface area (Å²) in [5, 5.41) is 2.55. The summed E-state index contributed by atoms with van der Waals surface area (Å²) in [6, 6.07) is 15.2. The highest BCUT2D eigenvalue weighted by molar-refractivity contribution is 5.87. The highest BCUT2D eigenvalue weighted by Gasteiger charge is 2.34. The summed E-state index contributed by atoms with van der Waals surface area (Å²) in [4.78, 5) is 40.8. The van der Waals surface area contributed by atoms with Gasteiger partial charge in [0.15, 0.2) is 11.5 Å². The van der Waals surface area contributed by atoms with Crippen molar-refractivity contribution in [3.8, 4) is 11.5 Å². The first-order chi connectivity index (χ1) is 15.5. The van der Waals surface area contributed by atoms with Crippen LogP contribution in [0.15, 0.2) is 54.6 Å². The van der Waals surface area contributed by atoms with E-state index in [0.717, 1.165) is 5.56 Å². The second kappa shape index (κ2) is 9.59. The molecule has 4 amide bonds. The second-order valence-corrected chi connectivity index (χ2v) is 7.77. The minimum atomic E-state index is -0.760. The van der Waals surface area contributed by atoms with E-state index in [1.807, 2.05) is 42.5 Å². The molecule has 2 heterocycles. The van der Waals surface area contributed by atoms with Crippen molar-refractivity contribution in [2.75, 3.05) is 32.8 Å². The maximum Gasteiger partial charge on any atom is 0.312 e. The van der Waals surface area contributed by atoms with Crippen LogP contribution in [-0.2, 0) is 16.0 Å². The van der Waals surface area contributed by atoms with Gasteiger partial charge in [-0.3, -0.25) is 9.59 Å². The minimum absolute atomic E-state index is 0.149. The molecule has 0 spiro atoms. The monoisotopic (exact) mass is 438 g/mol. The van der Waals surface area contributed by atoms with E-state index in [1.54, 1.807) is 21.9 Å². The molecular formula is C23H26N4O5. The number of nitrogens with zero attached hydrogens (tertiary/aromatic N) is 2. The van der Waals surface area contributed by atoms with Crippen molar-refractivity contribution < 1.29 is 23.9 Å². The summed E-state index contributed by atoms with van der Waals surface area (Å²) in [5.41, 5.74) is 6.21. The van der Waals surface area contributed by atoms with Crippen LogP contribution in [0.3, 0.4) is 0 Å². The first kappa shape index (κ1) is 21.5. The summed E-state index contributed by atoms with van der Waals surface area (Å²) < 4.78 is 11.5. The van der Waals surface area contributed by atoms with Gasteiger partial charge in [0.25, 0.3) is 5.91 Å². The van der Waals surface area contributed by atoms with E-state index in [-0.39, 0.29) is 18.4 Å². The average Bonchev–Trinajstić information content (AvgIpc) is 2.83. The highest BCUT2D eigenvalue weighted by Crippen LogP contribution is 2.31. The summed E-state index contributed by atoms with van der Waals surface area (Å²) in [5.74, 6) is 0.791. The molecule has 0 unspecified atom stereocenters. The van der Waals surface area contributed by atoms with Crippen molar-refractivity contribution in [3.63, 3.8) is 0 Å². The zero-order valence-corrected chi connectivity index (χ0v) is 17.6. The Balaban J connectivity index is 1.34. The fourth-order valence-electron chi connectivity index (χ4n) is 3.93. The number of hydrogen-bond acceptors (Lipinski definition) is 5. The van der Waals surface area contributed by atoms with Crippen molar-refractivity contribution in [3.05, 3.63) is 60.2 Å². The maximum atomic E-state index is 13.1. The Morgan fingerprint density at radius 1 is 0.938 bits per heavy atom. The first-order valence-corrected chi connectivity index (χ1v) is 10.6. The lowest BCUT2D eigenvalue weighted by atomic mass is 10.0. The molecule has 0 aliphatic carbocycles. The second-order valence-electron chi connectivity index (χ2n) is 7.77. The predicted molar refractivity (Wildman–Crippen MR) is 116 cm³/mol. The van der Waals surface area contributed by atoms with Crippen LogP contribution in [0.1, 0.15) is 5.56 Å². The number of hydrogen-bond donors (Lipinski definition) is 2. The van der Waals surface area contributed by atoms with Gasteiger partial charge in [0.05, 0.1) is 0 Å². The Kier molecular flexibility index (Phi) is 6.44. The molecule has 2 aliphatic rings. The van der Waals surface area contributed by atoms with Crippen LogP contribution in [-0.4, -0.2) is 72.6 Å². The van der Waals surface area contributed by atoms with Gasteiger partial charge in [0.2, 0.25) is 12.0 Å². The molecule has 3 N–H and O–H groups in total. The first-order valence-electron chi connectivity index (χ1n) is 10.6. The number of ether oxygens (including phenoxy) is 2. The van der Waals surface area contributed by atoms with E-state index in [2.05, 4.69) is 5.32 Å². The number of rotatable bonds is 5. The number of fused-ring (bicyclic) bond motifs is 1. The Bertz CT molecular complexity index is 975. The van der Waals surface area contributed by atoms with Gasteiger partial charge in [0, 0.05) is 32.6 Å². The largest absolute Gasteiger partial charge is 0.485 e. The highest BCUT2D eigenvalue weighted by atomic mass is 16.6. The van der Waals surface area contributed by atoms with E-state index in [1.165, 1.54) is 0 Å². The molecule has 0 radical (unpaired) electrons. The van der Waals surface area contributed by atoms with Gasteiger partial charge in [0.1, 0.15) is 12.6 Å². The number of amides is 4. The van der Waals surface area contributed by atoms with Crippen LogP contribution in [0.25, 0.3) is 0 Å². The topological polar surface area (TPSA) is 114 Å². The zero-order valence-electron chi connectivity index (χ0n) is 17.6. The van der Waals surface area contributed by atoms with E-state index >= 15 is 0 Å². The molecule has 2 atom stereocenters. The molecule has 0 bridgehead atoms. The summed E-state index contributed by atoms with van der Waals surface area (Å²) in [7, 11) is 0. The molecule has 32 heavy (non-hydrogen) atoms. The Labute approximate surface area is 186 Å². The standard InChI is InChI=1S/C23H26N4O5/c24-23(30)25-17(14-16-6-2-1-3-7-16)21(28)26-10-12-27(13-11-26)22(29)20-15-31-18-8-4-5-9-19(18)32-20/h1-9,17,20H,10-15H2,(H3,24,25,30)/t17-,20-/m1/s1. The molecule has 0 aromatic heterocycles. The quantitative estimate of drug-likeness (QED) is 0.716. The van der Waals surface area contributed by atoms with Crippen molar-refractivity contribution in [2.45, 2.75) is 18.6 Å². The van der Waals surface area contributed by atoms with Crippen molar-refractivity contribution in [1.82, 2.24) is 15.1 Å². The third-order valence-corrected chi connectivity index (χ3v) is 5.58. The molecule has 2 aliphatic heterocycles. The fourth-order valence-corrected chi connectivity index (χ4v) is 3.93. The molecule has 4 rings (SSSR count). The van der Waals surface area contributed by atoms with Gasteiger partial charge in [-0.1, -0.05) is 42.5 Å². The SMILES string of the molecule is NC(=O)N[C@H](Cc1ccccc1)C(=O)N1CCN(C(=O)[C@H]2COc3ccccc3O2)CC1. The van der Waals surface area contributed by atoms with E-state index < -0.39 is 18.2 Å². The predicted octanol–water partition coefficient (Wildman–Crippen LogP) is 0.777. The number of para-hydroxylation sites is 2. The molecule has 2 aromatic rings. The number of urea groups is 1. The molecule has 1 fully saturated rings. The molecule has 1 saturated heterocycles. The summed E-state index contributed by atoms with van der Waals surface area (Å²) >= 11 is 0. The molecule has 168 valence electrons. The van der Waals surface area contributed by atoms with Crippen LogP contribution >= 0.6 is 0 Å². The maximum absolute atomic E-state index is 13.1. The third-order valence-electron chi connectivity index (χ3n) is 5.58. The number of primary amides is 1. The Morgan fingerprint density at radius 2 is 1.56 bits per heavy atom. The van der Waals surface area contributed by atoms with Crippen molar-refractivity contribution in [2.24, 2.45) is 5.73 Å². The Hall–Kier alpha value is -3.75. The van der Waals surface area contributed by atoms with Crippen LogP contribution in [0.2, 0.25) is 0 Å². The Morgan fingerprint density at radius 3 is 2.25 bits per heavy atom. The summed E-state index contributed by atoms with van der Waals surface area (Å²) in [6.45, 7) is 1.62. The van der Waals surface area contributed by atoms with Gasteiger partial charge in [-0.25, -0.2) is 4.79 Å². The van der Waals surface area contributed by atoms with Crippen LogP contribution in [0.4, 0.5) is 4.79 Å². The number of piperazine rings is 1. The lowest BCUT2D eigenvalue weighted by Gasteiger charge is -2.38. The lowest BCUT2D eigenvalue weighted by Crippen LogP contribution is -2.58. The van der Waals surface area contributed by atoms with Crippen LogP contribution < -0.4 is 20.5 Å². The minimum Gasteiger partial charge on any atom is -0.485 e. The van der Waals surface area contributed by atoms with Crippen molar-refractivity contribution in [1.29, 1.82) is 0 Å². The lowest BCUT2D eigenvalue weighted by molar-refractivity contribution is -0.146. The molecule has 9 nitrogen and oxygen atoms in total. The van der Waals surface area contributed by atoms with Gasteiger partial charge < -0.3 is 30.3 Å². The molecular weight excluding hydrogens is 412 g/mol. The van der Waals surface area contributed by atoms with Gasteiger partial charge in [-0.2, -0.15) is 0 Å². The molecule has 2 aromatic carbocycles. The van der Waals surface area contributed by atoms with Gasteiger partial charge in [-0.15, -0.1) is 0 Å². The number of nitrogens with one attached hydrogen (secondary N) is 1.